The Bertz CT molecular complexity index is 325. The van der Waals surface area contributed by atoms with E-state index in [2.05, 4.69) is 57.3 Å². The lowest BCUT2D eigenvalue weighted by atomic mass is 9.85. The molecule has 0 aliphatic carbocycles. The van der Waals surface area contributed by atoms with Gasteiger partial charge in [-0.1, -0.05) is 58.0 Å². The van der Waals surface area contributed by atoms with Gasteiger partial charge in [-0.2, -0.15) is 0 Å². The average molecular weight is 249 g/mol. The van der Waals surface area contributed by atoms with Crippen LogP contribution in [0.5, 0.6) is 0 Å². The van der Waals surface area contributed by atoms with E-state index < -0.39 is 0 Å². The van der Waals surface area contributed by atoms with Crippen LogP contribution in [0.4, 0.5) is 0 Å². The molecule has 0 saturated carbocycles. The largest absolute Gasteiger partial charge is 0.395 e. The zero-order valence-corrected chi connectivity index (χ0v) is 12.1. The number of nitrogens with one attached hydrogen (secondary N) is 1. The summed E-state index contributed by atoms with van der Waals surface area (Å²) in [5.74, 6) is 0. The predicted octanol–water partition coefficient (Wildman–Crippen LogP) is 3.52. The molecule has 0 aliphatic heterocycles. The van der Waals surface area contributed by atoms with Crippen molar-refractivity contribution in [1.82, 2.24) is 5.32 Å². The Morgan fingerprint density at radius 2 is 1.78 bits per heavy atom. The highest BCUT2D eigenvalue weighted by Gasteiger charge is 2.21. The lowest BCUT2D eigenvalue weighted by molar-refractivity contribution is 0.210. The molecule has 0 heterocycles. The van der Waals surface area contributed by atoms with E-state index in [1.165, 1.54) is 5.56 Å². The van der Waals surface area contributed by atoms with Crippen molar-refractivity contribution in [3.63, 3.8) is 0 Å². The first kappa shape index (κ1) is 15.2. The summed E-state index contributed by atoms with van der Waals surface area (Å²) in [6, 6.07) is 11.0. The number of hydrogen-bond acceptors (Lipinski definition) is 2. The van der Waals surface area contributed by atoms with Gasteiger partial charge in [-0.05, 0) is 23.8 Å². The summed E-state index contributed by atoms with van der Waals surface area (Å²) in [4.78, 5) is 0. The molecule has 0 radical (unpaired) electrons. The van der Waals surface area contributed by atoms with Crippen molar-refractivity contribution < 1.29 is 5.11 Å². The highest BCUT2D eigenvalue weighted by atomic mass is 16.3. The Morgan fingerprint density at radius 3 is 2.22 bits per heavy atom. The molecule has 2 heteroatoms. The topological polar surface area (TPSA) is 32.3 Å². The van der Waals surface area contributed by atoms with Crippen molar-refractivity contribution in [2.45, 2.75) is 52.6 Å². The SMILES string of the molecule is CCC(CO)NC(CC(C)(C)C)c1ccccc1. The van der Waals surface area contributed by atoms with Crippen molar-refractivity contribution >= 4 is 0 Å². The van der Waals surface area contributed by atoms with Crippen molar-refractivity contribution in [2.24, 2.45) is 5.41 Å². The molecular weight excluding hydrogens is 222 g/mol. The number of benzene rings is 1. The van der Waals surface area contributed by atoms with E-state index in [0.717, 1.165) is 12.8 Å². The van der Waals surface area contributed by atoms with Crippen molar-refractivity contribution in [1.29, 1.82) is 0 Å². The molecule has 18 heavy (non-hydrogen) atoms. The molecular formula is C16H27NO. The highest BCUT2D eigenvalue weighted by Crippen LogP contribution is 2.29. The van der Waals surface area contributed by atoms with Crippen LogP contribution in [0.2, 0.25) is 0 Å². The first-order chi connectivity index (χ1) is 8.46. The van der Waals surface area contributed by atoms with Gasteiger partial charge in [-0.15, -0.1) is 0 Å². The maximum atomic E-state index is 9.36. The quantitative estimate of drug-likeness (QED) is 0.808. The second-order valence-corrected chi connectivity index (χ2v) is 6.18. The summed E-state index contributed by atoms with van der Waals surface area (Å²) >= 11 is 0. The minimum absolute atomic E-state index is 0.178. The second-order valence-electron chi connectivity index (χ2n) is 6.18. The summed E-state index contributed by atoms with van der Waals surface area (Å²) in [6.45, 7) is 9.07. The molecule has 1 aromatic carbocycles. The Labute approximate surface area is 111 Å². The first-order valence-electron chi connectivity index (χ1n) is 6.88. The van der Waals surface area contributed by atoms with E-state index in [9.17, 15) is 5.11 Å². The molecule has 2 nitrogen and oxygen atoms in total. The van der Waals surface area contributed by atoms with Gasteiger partial charge in [-0.3, -0.25) is 0 Å². The average Bonchev–Trinajstić information content (AvgIpc) is 2.34. The molecule has 1 rings (SSSR count). The Kier molecular flexibility index (Phi) is 5.83. The van der Waals surface area contributed by atoms with Gasteiger partial charge in [0.2, 0.25) is 0 Å². The van der Waals surface area contributed by atoms with Gasteiger partial charge in [0.25, 0.3) is 0 Å². The fourth-order valence-corrected chi connectivity index (χ4v) is 2.15. The Balaban J connectivity index is 2.82. The van der Waals surface area contributed by atoms with Gasteiger partial charge in [0, 0.05) is 12.1 Å². The zero-order valence-electron chi connectivity index (χ0n) is 12.1. The van der Waals surface area contributed by atoms with Crippen molar-refractivity contribution in [3.8, 4) is 0 Å². The summed E-state index contributed by atoms with van der Waals surface area (Å²) in [7, 11) is 0. The molecule has 2 unspecified atom stereocenters. The van der Waals surface area contributed by atoms with Crippen molar-refractivity contribution in [3.05, 3.63) is 35.9 Å². The lowest BCUT2D eigenvalue weighted by Crippen LogP contribution is -2.36. The molecule has 2 atom stereocenters. The summed E-state index contributed by atoms with van der Waals surface area (Å²) in [6.07, 6.45) is 2.01. The van der Waals surface area contributed by atoms with Crippen LogP contribution in [0.25, 0.3) is 0 Å². The third kappa shape index (κ3) is 5.19. The number of hydrogen-bond donors (Lipinski definition) is 2. The van der Waals surface area contributed by atoms with Crippen LogP contribution in [0.1, 0.15) is 52.1 Å². The molecule has 0 saturated heterocycles. The highest BCUT2D eigenvalue weighted by molar-refractivity contribution is 5.19. The molecule has 0 amide bonds. The fourth-order valence-electron chi connectivity index (χ4n) is 2.15. The van der Waals surface area contributed by atoms with Crippen LogP contribution < -0.4 is 5.32 Å². The summed E-state index contributed by atoms with van der Waals surface area (Å²) < 4.78 is 0. The van der Waals surface area contributed by atoms with Gasteiger partial charge >= 0.3 is 0 Å². The lowest BCUT2D eigenvalue weighted by Gasteiger charge is -2.30. The van der Waals surface area contributed by atoms with Gasteiger partial charge in [0.1, 0.15) is 0 Å². The summed E-state index contributed by atoms with van der Waals surface area (Å²) in [5, 5.41) is 12.9. The van der Waals surface area contributed by atoms with Crippen LogP contribution in [0.3, 0.4) is 0 Å². The molecule has 1 aromatic rings. The normalized spacial score (nSPS) is 15.4. The second kappa shape index (κ2) is 6.91. The smallest absolute Gasteiger partial charge is 0.0584 e. The molecule has 102 valence electrons. The third-order valence-corrected chi connectivity index (χ3v) is 3.17. The monoisotopic (exact) mass is 249 g/mol. The van der Waals surface area contributed by atoms with Gasteiger partial charge in [0.05, 0.1) is 6.61 Å². The number of aliphatic hydroxyl groups excluding tert-OH is 1. The molecule has 0 aromatic heterocycles. The minimum atomic E-state index is 0.178. The first-order valence-corrected chi connectivity index (χ1v) is 6.88. The Hall–Kier alpha value is -0.860. The van der Waals surface area contributed by atoms with Crippen LogP contribution >= 0.6 is 0 Å². The molecule has 0 aliphatic rings. The van der Waals surface area contributed by atoms with Gasteiger partial charge in [0.15, 0.2) is 0 Å². The number of rotatable bonds is 6. The van der Waals surface area contributed by atoms with E-state index in [1.807, 2.05) is 6.07 Å². The number of aliphatic hydroxyl groups is 1. The standard InChI is InChI=1S/C16H27NO/c1-5-14(12-18)17-15(11-16(2,3)4)13-9-7-6-8-10-13/h6-10,14-15,17-18H,5,11-12H2,1-4H3. The van der Waals surface area contributed by atoms with E-state index in [1.54, 1.807) is 0 Å². The fraction of sp³-hybridized carbons (Fsp3) is 0.625. The maximum Gasteiger partial charge on any atom is 0.0584 e. The molecule has 0 fully saturated rings. The van der Waals surface area contributed by atoms with Gasteiger partial charge in [-0.25, -0.2) is 0 Å². The Morgan fingerprint density at radius 1 is 1.17 bits per heavy atom. The van der Waals surface area contributed by atoms with Crippen LogP contribution in [0, 0.1) is 5.41 Å². The van der Waals surface area contributed by atoms with E-state index in [0.29, 0.717) is 6.04 Å². The third-order valence-electron chi connectivity index (χ3n) is 3.17. The molecule has 0 spiro atoms. The molecule has 0 bridgehead atoms. The van der Waals surface area contributed by atoms with Crippen LogP contribution in [-0.2, 0) is 0 Å². The van der Waals surface area contributed by atoms with Crippen molar-refractivity contribution in [2.75, 3.05) is 6.61 Å². The van der Waals surface area contributed by atoms with Crippen LogP contribution in [-0.4, -0.2) is 17.8 Å². The van der Waals surface area contributed by atoms with E-state index >= 15 is 0 Å². The van der Waals surface area contributed by atoms with E-state index in [-0.39, 0.29) is 18.1 Å². The maximum absolute atomic E-state index is 9.36. The van der Waals surface area contributed by atoms with E-state index in [4.69, 9.17) is 0 Å². The van der Waals surface area contributed by atoms with Crippen LogP contribution in [0.15, 0.2) is 30.3 Å². The minimum Gasteiger partial charge on any atom is -0.395 e. The predicted molar refractivity (Wildman–Crippen MR) is 77.6 cm³/mol. The zero-order chi connectivity index (χ0) is 13.6. The summed E-state index contributed by atoms with van der Waals surface area (Å²) in [5.41, 5.74) is 1.57. The van der Waals surface area contributed by atoms with Gasteiger partial charge < -0.3 is 10.4 Å². The molecule has 2 N–H and O–H groups in total.